The zero-order valence-electron chi connectivity index (χ0n) is 21.7. The van der Waals surface area contributed by atoms with Crippen LogP contribution in [0.15, 0.2) is 66.8 Å². The molecule has 2 fully saturated rings. The molecule has 2 aliphatic carbocycles. The van der Waals surface area contributed by atoms with E-state index in [4.69, 9.17) is 4.74 Å². The highest BCUT2D eigenvalue weighted by atomic mass is 16.5. The second kappa shape index (κ2) is 9.98. The van der Waals surface area contributed by atoms with Crippen LogP contribution in [-0.2, 0) is 20.7 Å². The third-order valence-corrected chi connectivity index (χ3v) is 8.43. The number of carbonyl (C=O) groups is 2. The van der Waals surface area contributed by atoms with Crippen LogP contribution in [0.2, 0.25) is 0 Å². The molecule has 1 saturated carbocycles. The van der Waals surface area contributed by atoms with Gasteiger partial charge in [-0.2, -0.15) is 0 Å². The molecule has 1 saturated heterocycles. The summed E-state index contributed by atoms with van der Waals surface area (Å²) < 4.78 is 5.89. The van der Waals surface area contributed by atoms with Gasteiger partial charge in [-0.25, -0.2) is 0 Å². The third kappa shape index (κ3) is 4.69. The Morgan fingerprint density at radius 2 is 1.92 bits per heavy atom. The topological polar surface area (TPSA) is 95.9 Å². The van der Waals surface area contributed by atoms with E-state index in [2.05, 4.69) is 18.8 Å². The van der Waals surface area contributed by atoms with Gasteiger partial charge in [-0.3, -0.25) is 9.59 Å². The zero-order valence-corrected chi connectivity index (χ0v) is 21.7. The predicted octanol–water partition coefficient (Wildman–Crippen LogP) is 3.74. The Kier molecular flexibility index (Phi) is 7.31. The quantitative estimate of drug-likeness (QED) is 0.440. The Morgan fingerprint density at radius 1 is 1.22 bits per heavy atom. The summed E-state index contributed by atoms with van der Waals surface area (Å²) >= 11 is 0. The molecule has 1 heterocycles. The van der Waals surface area contributed by atoms with Crippen LogP contribution in [0.4, 0.5) is 0 Å². The highest BCUT2D eigenvalue weighted by molar-refractivity contribution is 5.89. The van der Waals surface area contributed by atoms with Crippen LogP contribution in [0.3, 0.4) is 0 Å². The molecule has 36 heavy (non-hydrogen) atoms. The SMILES string of the molecule is C=C1[C@@H](C)[C@@H]2[C@H](Cc3ccccc3)NC(=O)[C@]23[C@H](C=CC[C@H](C)C[C@@](C)(O)C=C[C@H]3OC(C)=O)[C@@H]1O. The van der Waals surface area contributed by atoms with E-state index in [-0.39, 0.29) is 29.7 Å². The molecule has 1 aliphatic heterocycles. The fraction of sp³-hybridized carbons (Fsp3) is 0.533. The van der Waals surface area contributed by atoms with Gasteiger partial charge in [0.2, 0.25) is 5.91 Å². The van der Waals surface area contributed by atoms with E-state index in [0.717, 1.165) is 5.56 Å². The van der Waals surface area contributed by atoms with Crippen molar-refractivity contribution in [3.05, 3.63) is 72.4 Å². The van der Waals surface area contributed by atoms with Crippen molar-refractivity contribution < 1.29 is 24.5 Å². The molecule has 0 radical (unpaired) electrons. The Bertz CT molecular complexity index is 1060. The molecule has 6 nitrogen and oxygen atoms in total. The number of hydrogen-bond acceptors (Lipinski definition) is 5. The summed E-state index contributed by atoms with van der Waals surface area (Å²) in [6.45, 7) is 11.3. The first-order valence-electron chi connectivity index (χ1n) is 12.9. The number of ether oxygens (including phenoxy) is 1. The van der Waals surface area contributed by atoms with Crippen molar-refractivity contribution in [2.75, 3.05) is 0 Å². The molecule has 3 aliphatic rings. The monoisotopic (exact) mass is 493 g/mol. The van der Waals surface area contributed by atoms with Gasteiger partial charge in [-0.15, -0.1) is 0 Å². The van der Waals surface area contributed by atoms with Gasteiger partial charge in [0.1, 0.15) is 11.5 Å². The largest absolute Gasteiger partial charge is 0.457 e. The van der Waals surface area contributed by atoms with Crippen LogP contribution in [-0.4, -0.2) is 45.9 Å². The number of hydrogen-bond donors (Lipinski definition) is 3. The van der Waals surface area contributed by atoms with Crippen LogP contribution >= 0.6 is 0 Å². The van der Waals surface area contributed by atoms with E-state index < -0.39 is 35.1 Å². The van der Waals surface area contributed by atoms with Crippen LogP contribution in [0.25, 0.3) is 0 Å². The van der Waals surface area contributed by atoms with Gasteiger partial charge < -0.3 is 20.3 Å². The van der Waals surface area contributed by atoms with Crippen molar-refractivity contribution in [2.24, 2.45) is 29.1 Å². The molecule has 1 spiro atoms. The average molecular weight is 494 g/mol. The summed E-state index contributed by atoms with van der Waals surface area (Å²) in [5.74, 6) is -1.75. The molecule has 1 amide bonds. The lowest BCUT2D eigenvalue weighted by Gasteiger charge is -2.52. The lowest BCUT2D eigenvalue weighted by molar-refractivity contribution is -0.166. The van der Waals surface area contributed by atoms with Gasteiger partial charge in [-0.1, -0.05) is 69.0 Å². The van der Waals surface area contributed by atoms with E-state index >= 15 is 0 Å². The van der Waals surface area contributed by atoms with Gasteiger partial charge in [0, 0.05) is 24.8 Å². The van der Waals surface area contributed by atoms with E-state index in [1.54, 1.807) is 19.1 Å². The van der Waals surface area contributed by atoms with Crippen molar-refractivity contribution in [1.82, 2.24) is 5.32 Å². The molecule has 4 rings (SSSR count). The van der Waals surface area contributed by atoms with E-state index in [0.29, 0.717) is 24.8 Å². The number of nitrogens with one attached hydrogen (secondary N) is 1. The van der Waals surface area contributed by atoms with Crippen LogP contribution in [0.1, 0.15) is 46.1 Å². The number of carbonyl (C=O) groups excluding carboxylic acids is 2. The van der Waals surface area contributed by atoms with Gasteiger partial charge in [0.05, 0.1) is 11.7 Å². The highest BCUT2D eigenvalue weighted by Gasteiger charge is 2.68. The number of rotatable bonds is 3. The van der Waals surface area contributed by atoms with Gasteiger partial charge >= 0.3 is 5.97 Å². The molecule has 1 aromatic carbocycles. The smallest absolute Gasteiger partial charge is 0.303 e. The number of aliphatic hydroxyl groups is 2. The van der Waals surface area contributed by atoms with Crippen molar-refractivity contribution >= 4 is 11.9 Å². The van der Waals surface area contributed by atoms with Crippen LogP contribution < -0.4 is 5.32 Å². The minimum Gasteiger partial charge on any atom is -0.457 e. The Hall–Kier alpha value is -2.70. The molecule has 6 heteroatoms. The number of benzene rings is 1. The second-order valence-corrected chi connectivity index (χ2v) is 11.3. The first-order valence-corrected chi connectivity index (χ1v) is 12.9. The van der Waals surface area contributed by atoms with Crippen LogP contribution in [0.5, 0.6) is 0 Å². The number of aliphatic hydroxyl groups excluding tert-OH is 1. The maximum absolute atomic E-state index is 14.2. The van der Waals surface area contributed by atoms with Gasteiger partial charge in [0.15, 0.2) is 0 Å². The molecule has 1 aromatic rings. The summed E-state index contributed by atoms with van der Waals surface area (Å²) in [5.41, 5.74) is -0.635. The van der Waals surface area contributed by atoms with Crippen molar-refractivity contribution in [2.45, 2.75) is 70.8 Å². The normalized spacial score (nSPS) is 40.6. The Balaban J connectivity index is 1.92. The summed E-state index contributed by atoms with van der Waals surface area (Å²) in [4.78, 5) is 26.5. The molecule has 0 bridgehead atoms. The lowest BCUT2D eigenvalue weighted by atomic mass is 9.51. The molecule has 3 N–H and O–H groups in total. The first kappa shape index (κ1) is 26.4. The maximum Gasteiger partial charge on any atom is 0.303 e. The van der Waals surface area contributed by atoms with Gasteiger partial charge in [-0.05, 0) is 55.2 Å². The molecule has 0 unspecified atom stereocenters. The predicted molar refractivity (Wildman–Crippen MR) is 139 cm³/mol. The van der Waals surface area contributed by atoms with Crippen LogP contribution in [0, 0.1) is 29.1 Å². The number of amides is 1. The fourth-order valence-electron chi connectivity index (χ4n) is 6.90. The van der Waals surface area contributed by atoms with Crippen molar-refractivity contribution in [1.29, 1.82) is 0 Å². The van der Waals surface area contributed by atoms with Crippen molar-refractivity contribution in [3.8, 4) is 0 Å². The standard InChI is InChI=1S/C30H39NO5/c1-18-10-9-13-23-27(33)20(3)19(2)26-24(16-22-11-7-6-8-12-22)31-28(34)30(23,26)25(36-21(4)32)14-15-29(5,35)17-18/h6-9,11-15,18-19,23-27,33,35H,3,10,16-17H2,1-2,4-5H3,(H,31,34)/t18-,19+,23+,24-,25+,26+,27+,29-,30-/m0/s1. The molecule has 194 valence electrons. The first-order chi connectivity index (χ1) is 17.0. The molecule has 0 aromatic heterocycles. The summed E-state index contributed by atoms with van der Waals surface area (Å²) in [7, 11) is 0. The maximum atomic E-state index is 14.2. The summed E-state index contributed by atoms with van der Waals surface area (Å²) in [5, 5.41) is 25.8. The third-order valence-electron chi connectivity index (χ3n) is 8.43. The number of esters is 1. The fourth-order valence-corrected chi connectivity index (χ4v) is 6.90. The molecule has 9 atom stereocenters. The second-order valence-electron chi connectivity index (χ2n) is 11.3. The summed E-state index contributed by atoms with van der Waals surface area (Å²) in [6.07, 6.45) is 7.09. The Labute approximate surface area is 214 Å². The van der Waals surface area contributed by atoms with Crippen molar-refractivity contribution in [3.63, 3.8) is 0 Å². The highest BCUT2D eigenvalue weighted by Crippen LogP contribution is 2.58. The molecular weight excluding hydrogens is 454 g/mol. The lowest BCUT2D eigenvalue weighted by Crippen LogP contribution is -2.60. The summed E-state index contributed by atoms with van der Waals surface area (Å²) in [6, 6.07) is 9.73. The van der Waals surface area contributed by atoms with E-state index in [1.165, 1.54) is 6.92 Å². The van der Waals surface area contributed by atoms with E-state index in [9.17, 15) is 19.8 Å². The Morgan fingerprint density at radius 3 is 2.58 bits per heavy atom. The minimum atomic E-state index is -1.26. The minimum absolute atomic E-state index is 0.170. The number of allylic oxidation sites excluding steroid dienone is 1. The van der Waals surface area contributed by atoms with Gasteiger partial charge in [0.25, 0.3) is 0 Å². The molecular formula is C30H39NO5. The zero-order chi connectivity index (χ0) is 26.3. The average Bonchev–Trinajstić information content (AvgIpc) is 3.08. The van der Waals surface area contributed by atoms with E-state index in [1.807, 2.05) is 49.4 Å².